The summed E-state index contributed by atoms with van der Waals surface area (Å²) in [4.78, 5) is 34.4. The van der Waals surface area contributed by atoms with Gasteiger partial charge in [0.25, 0.3) is 0 Å². The standard InChI is InChI=1S/C31H44N6O5/c1-20(2)24-17-33-37-26(36(29(39)42-31(6,7)8)18-21-11-9-12-22(32)15-21)16-25(34-27(24)37)40-23-13-10-14-35(19-23)28(38)41-30(3,4)5/h9,11-12,15-17,20,23H,10,13-14,18-19,32H2,1-8H3/t23-/m1/s1. The van der Waals surface area contributed by atoms with E-state index in [9.17, 15) is 9.59 Å². The Bertz CT molecular complexity index is 1420. The molecule has 0 aliphatic carbocycles. The number of amides is 2. The fourth-order valence-corrected chi connectivity index (χ4v) is 4.73. The van der Waals surface area contributed by atoms with E-state index in [0.717, 1.165) is 24.0 Å². The molecule has 11 heteroatoms. The van der Waals surface area contributed by atoms with Crippen molar-refractivity contribution in [3.05, 3.63) is 47.7 Å². The van der Waals surface area contributed by atoms with Gasteiger partial charge >= 0.3 is 12.2 Å². The molecule has 1 aromatic carbocycles. The number of benzene rings is 1. The molecule has 2 N–H and O–H groups in total. The molecule has 228 valence electrons. The van der Waals surface area contributed by atoms with E-state index in [0.29, 0.717) is 36.1 Å². The van der Waals surface area contributed by atoms with Crippen LogP contribution in [0.25, 0.3) is 5.65 Å². The zero-order valence-corrected chi connectivity index (χ0v) is 26.0. The Morgan fingerprint density at radius 3 is 2.45 bits per heavy atom. The van der Waals surface area contributed by atoms with E-state index in [1.807, 2.05) is 59.7 Å². The van der Waals surface area contributed by atoms with Crippen LogP contribution in [-0.4, -0.2) is 62.1 Å². The van der Waals surface area contributed by atoms with Crippen LogP contribution in [0.2, 0.25) is 0 Å². The molecule has 0 spiro atoms. The summed E-state index contributed by atoms with van der Waals surface area (Å²) >= 11 is 0. The molecule has 1 atom stereocenters. The largest absolute Gasteiger partial charge is 0.472 e. The minimum Gasteiger partial charge on any atom is -0.472 e. The first-order valence-electron chi connectivity index (χ1n) is 14.5. The topological polar surface area (TPSA) is 125 Å². The number of anilines is 2. The Morgan fingerprint density at radius 2 is 1.81 bits per heavy atom. The van der Waals surface area contributed by atoms with E-state index in [2.05, 4.69) is 18.9 Å². The third kappa shape index (κ3) is 7.83. The van der Waals surface area contributed by atoms with Gasteiger partial charge in [0.05, 0.1) is 19.3 Å². The number of nitrogens with zero attached hydrogens (tertiary/aromatic N) is 5. The minimum atomic E-state index is -0.725. The van der Waals surface area contributed by atoms with E-state index in [1.165, 1.54) is 4.90 Å². The molecule has 3 aromatic rings. The van der Waals surface area contributed by atoms with Gasteiger partial charge in [0.2, 0.25) is 5.88 Å². The maximum absolute atomic E-state index is 13.7. The molecular weight excluding hydrogens is 536 g/mol. The van der Waals surface area contributed by atoms with Gasteiger partial charge in [-0.3, -0.25) is 4.90 Å². The molecule has 3 heterocycles. The highest BCUT2D eigenvalue weighted by molar-refractivity contribution is 5.87. The first-order valence-corrected chi connectivity index (χ1v) is 14.5. The molecule has 1 fully saturated rings. The number of piperidine rings is 1. The number of carbonyl (C=O) groups is 2. The van der Waals surface area contributed by atoms with Crippen molar-refractivity contribution in [2.75, 3.05) is 23.7 Å². The highest BCUT2D eigenvalue weighted by Crippen LogP contribution is 2.30. The summed E-state index contributed by atoms with van der Waals surface area (Å²) in [6.07, 6.45) is 2.07. The average molecular weight is 581 g/mol. The molecule has 0 bridgehead atoms. The first-order chi connectivity index (χ1) is 19.6. The predicted octanol–water partition coefficient (Wildman–Crippen LogP) is 6.15. The third-order valence-corrected chi connectivity index (χ3v) is 6.58. The zero-order valence-electron chi connectivity index (χ0n) is 26.0. The minimum absolute atomic E-state index is 0.124. The smallest absolute Gasteiger partial charge is 0.416 e. The van der Waals surface area contributed by atoms with Crippen molar-refractivity contribution in [3.8, 4) is 5.88 Å². The fourth-order valence-electron chi connectivity index (χ4n) is 4.73. The monoisotopic (exact) mass is 580 g/mol. The fraction of sp³-hybridized carbons (Fsp3) is 0.548. The Balaban J connectivity index is 1.73. The normalized spacial score (nSPS) is 16.0. The van der Waals surface area contributed by atoms with Crippen molar-refractivity contribution in [2.45, 2.75) is 98.0 Å². The van der Waals surface area contributed by atoms with Gasteiger partial charge in [0.1, 0.15) is 23.1 Å². The number of fused-ring (bicyclic) bond motifs is 1. The molecule has 2 amide bonds. The highest BCUT2D eigenvalue weighted by atomic mass is 16.6. The van der Waals surface area contributed by atoms with Crippen molar-refractivity contribution >= 4 is 29.3 Å². The Kier molecular flexibility index (Phi) is 8.89. The number of nitrogen functional groups attached to an aromatic ring is 1. The molecule has 42 heavy (non-hydrogen) atoms. The van der Waals surface area contributed by atoms with Crippen molar-refractivity contribution in [3.63, 3.8) is 0 Å². The number of aromatic nitrogens is 3. The molecule has 1 aliphatic heterocycles. The molecule has 1 saturated heterocycles. The Labute approximate surface area is 247 Å². The number of hydrogen-bond acceptors (Lipinski definition) is 8. The van der Waals surface area contributed by atoms with Crippen LogP contribution in [-0.2, 0) is 16.0 Å². The maximum Gasteiger partial charge on any atom is 0.416 e. The third-order valence-electron chi connectivity index (χ3n) is 6.58. The summed E-state index contributed by atoms with van der Waals surface area (Å²) in [5.74, 6) is 0.898. The Hall–Kier alpha value is -4.02. The summed E-state index contributed by atoms with van der Waals surface area (Å²) in [5.41, 5.74) is 7.65. The van der Waals surface area contributed by atoms with E-state index in [-0.39, 0.29) is 24.7 Å². The second-order valence-corrected chi connectivity index (χ2v) is 13.1. The van der Waals surface area contributed by atoms with E-state index >= 15 is 0 Å². The Morgan fingerprint density at radius 1 is 1.10 bits per heavy atom. The van der Waals surface area contributed by atoms with Gasteiger partial charge in [-0.15, -0.1) is 0 Å². The lowest BCUT2D eigenvalue weighted by molar-refractivity contribution is 0.00720. The number of ether oxygens (including phenoxy) is 3. The van der Waals surface area contributed by atoms with Gasteiger partial charge in [-0.1, -0.05) is 26.0 Å². The van der Waals surface area contributed by atoms with Gasteiger partial charge in [0, 0.05) is 23.9 Å². The molecule has 0 unspecified atom stereocenters. The van der Waals surface area contributed by atoms with Crippen molar-refractivity contribution in [1.82, 2.24) is 19.5 Å². The number of nitrogens with two attached hydrogens (primary N) is 1. The molecule has 1 aliphatic rings. The second-order valence-electron chi connectivity index (χ2n) is 13.1. The number of carbonyl (C=O) groups excluding carboxylic acids is 2. The molecule has 4 rings (SSSR count). The van der Waals surface area contributed by atoms with Gasteiger partial charge in [-0.25, -0.2) is 9.59 Å². The number of likely N-dealkylation sites (tertiary alicyclic amines) is 1. The molecular formula is C31H44N6O5. The lowest BCUT2D eigenvalue weighted by Crippen LogP contribution is -2.46. The summed E-state index contributed by atoms with van der Waals surface area (Å²) < 4.78 is 19.5. The lowest BCUT2D eigenvalue weighted by Gasteiger charge is -2.34. The van der Waals surface area contributed by atoms with Crippen LogP contribution in [0.15, 0.2) is 36.5 Å². The van der Waals surface area contributed by atoms with Crippen molar-refractivity contribution in [2.24, 2.45) is 0 Å². The molecule has 0 radical (unpaired) electrons. The SMILES string of the molecule is CC(C)c1cnn2c(N(Cc3cccc(N)c3)C(=O)OC(C)(C)C)cc(O[C@@H]3CCCN(C(=O)OC(C)(C)C)C3)nc12. The van der Waals surface area contributed by atoms with Crippen LogP contribution < -0.4 is 15.4 Å². The van der Waals surface area contributed by atoms with Crippen LogP contribution in [0.1, 0.15) is 85.3 Å². The number of hydrogen-bond donors (Lipinski definition) is 1. The molecule has 11 nitrogen and oxygen atoms in total. The maximum atomic E-state index is 13.7. The van der Waals surface area contributed by atoms with Gasteiger partial charge < -0.3 is 24.8 Å². The first kappa shape index (κ1) is 30.9. The predicted molar refractivity (Wildman–Crippen MR) is 162 cm³/mol. The van der Waals surface area contributed by atoms with Crippen molar-refractivity contribution < 1.29 is 23.8 Å². The summed E-state index contributed by atoms with van der Waals surface area (Å²) in [6.45, 7) is 16.3. The second kappa shape index (κ2) is 12.1. The molecule has 2 aromatic heterocycles. The summed E-state index contributed by atoms with van der Waals surface area (Å²) in [7, 11) is 0. The van der Waals surface area contributed by atoms with Crippen molar-refractivity contribution in [1.29, 1.82) is 0 Å². The summed E-state index contributed by atoms with van der Waals surface area (Å²) in [6, 6.07) is 9.07. The van der Waals surface area contributed by atoms with E-state index < -0.39 is 17.3 Å². The van der Waals surface area contributed by atoms with Gasteiger partial charge in [-0.2, -0.15) is 14.6 Å². The summed E-state index contributed by atoms with van der Waals surface area (Å²) in [5, 5.41) is 4.61. The lowest BCUT2D eigenvalue weighted by atomic mass is 10.1. The van der Waals surface area contributed by atoms with E-state index in [4.69, 9.17) is 24.9 Å². The van der Waals surface area contributed by atoms with Gasteiger partial charge in [0.15, 0.2) is 5.65 Å². The van der Waals surface area contributed by atoms with Gasteiger partial charge in [-0.05, 0) is 78.0 Å². The van der Waals surface area contributed by atoms with Crippen LogP contribution >= 0.6 is 0 Å². The highest BCUT2D eigenvalue weighted by Gasteiger charge is 2.31. The van der Waals surface area contributed by atoms with Crippen LogP contribution in [0.4, 0.5) is 21.1 Å². The quantitative estimate of drug-likeness (QED) is 0.344. The number of rotatable bonds is 6. The van der Waals surface area contributed by atoms with Crippen LogP contribution in [0.5, 0.6) is 5.88 Å². The van der Waals surface area contributed by atoms with Crippen LogP contribution in [0, 0.1) is 0 Å². The average Bonchev–Trinajstić information content (AvgIpc) is 3.29. The zero-order chi connectivity index (χ0) is 30.8. The van der Waals surface area contributed by atoms with Crippen LogP contribution in [0.3, 0.4) is 0 Å². The molecule has 0 saturated carbocycles. The van der Waals surface area contributed by atoms with E-state index in [1.54, 1.807) is 27.7 Å².